The molecule has 3 rings (SSSR count). The molecule has 25 heavy (non-hydrogen) atoms. The van der Waals surface area contributed by atoms with Crippen molar-refractivity contribution in [1.29, 1.82) is 0 Å². The molecule has 0 bridgehead atoms. The van der Waals surface area contributed by atoms with E-state index in [1.807, 2.05) is 35.3 Å². The zero-order chi connectivity index (χ0) is 17.8. The Bertz CT molecular complexity index is 668. The van der Waals surface area contributed by atoms with Crippen molar-refractivity contribution in [2.45, 2.75) is 19.4 Å². The van der Waals surface area contributed by atoms with Crippen molar-refractivity contribution in [2.75, 3.05) is 26.2 Å². The number of halogens is 1. The van der Waals surface area contributed by atoms with Crippen LogP contribution in [0.15, 0.2) is 36.4 Å². The Labute approximate surface area is 152 Å². The topological polar surface area (TPSA) is 60.9 Å². The highest BCUT2D eigenvalue weighted by atomic mass is 35.5. The standard InChI is InChI=1S/C19H23ClN2O3/c20-15-5-3-4-14(12-15)13-21-8-10-22(11-9-21)18(23)16-6-1-2-7-17(16)19(24)25/h1-5,12,16-17H,6-11,13H2,(H,24,25). The SMILES string of the molecule is O=C(O)C1CC=CCC1C(=O)N1CCN(Cc2cccc(Cl)c2)CC1. The molecule has 0 radical (unpaired) electrons. The van der Waals surface area contributed by atoms with Gasteiger partial charge in [0, 0.05) is 37.7 Å². The molecule has 1 heterocycles. The first kappa shape index (κ1) is 18.0. The van der Waals surface area contributed by atoms with Crippen molar-refractivity contribution in [3.8, 4) is 0 Å². The summed E-state index contributed by atoms with van der Waals surface area (Å²) in [5.74, 6) is -1.91. The van der Waals surface area contributed by atoms with Crippen LogP contribution in [0.25, 0.3) is 0 Å². The summed E-state index contributed by atoms with van der Waals surface area (Å²) in [5, 5.41) is 10.1. The van der Waals surface area contributed by atoms with Crippen LogP contribution in [0, 0.1) is 11.8 Å². The number of carbonyl (C=O) groups is 2. The third-order valence-electron chi connectivity index (χ3n) is 5.05. The second kappa shape index (κ2) is 8.02. The number of hydrogen-bond donors (Lipinski definition) is 1. The van der Waals surface area contributed by atoms with E-state index in [2.05, 4.69) is 11.0 Å². The Kier molecular flexibility index (Phi) is 5.76. The Balaban J connectivity index is 1.55. The van der Waals surface area contributed by atoms with Gasteiger partial charge >= 0.3 is 5.97 Å². The van der Waals surface area contributed by atoms with Crippen LogP contribution in [0.3, 0.4) is 0 Å². The molecule has 1 aromatic carbocycles. The third kappa shape index (κ3) is 4.41. The van der Waals surface area contributed by atoms with Gasteiger partial charge in [-0.05, 0) is 30.5 Å². The fourth-order valence-electron chi connectivity index (χ4n) is 3.61. The van der Waals surface area contributed by atoms with E-state index in [4.69, 9.17) is 11.6 Å². The summed E-state index contributed by atoms with van der Waals surface area (Å²) in [6.07, 6.45) is 4.77. The summed E-state index contributed by atoms with van der Waals surface area (Å²) >= 11 is 6.03. The molecule has 2 aliphatic rings. The predicted molar refractivity (Wildman–Crippen MR) is 96.3 cm³/mol. The molecule has 1 aliphatic heterocycles. The molecule has 2 atom stereocenters. The lowest BCUT2D eigenvalue weighted by molar-refractivity contribution is -0.151. The minimum atomic E-state index is -0.873. The average molecular weight is 363 g/mol. The first-order valence-corrected chi connectivity index (χ1v) is 9.06. The first-order valence-electron chi connectivity index (χ1n) is 8.68. The molecule has 1 amide bonds. The van der Waals surface area contributed by atoms with Crippen LogP contribution in [0.2, 0.25) is 5.02 Å². The normalized spacial score (nSPS) is 24.3. The molecular weight excluding hydrogens is 340 g/mol. The van der Waals surface area contributed by atoms with Gasteiger partial charge in [0.05, 0.1) is 11.8 Å². The molecule has 5 nitrogen and oxygen atoms in total. The van der Waals surface area contributed by atoms with Crippen molar-refractivity contribution >= 4 is 23.5 Å². The molecule has 0 spiro atoms. The van der Waals surface area contributed by atoms with Crippen LogP contribution >= 0.6 is 11.6 Å². The minimum Gasteiger partial charge on any atom is -0.481 e. The van der Waals surface area contributed by atoms with E-state index in [9.17, 15) is 14.7 Å². The van der Waals surface area contributed by atoms with Gasteiger partial charge in [-0.3, -0.25) is 14.5 Å². The monoisotopic (exact) mass is 362 g/mol. The lowest BCUT2D eigenvalue weighted by Gasteiger charge is -2.37. The summed E-state index contributed by atoms with van der Waals surface area (Å²) in [7, 11) is 0. The maximum absolute atomic E-state index is 12.8. The zero-order valence-corrected chi connectivity index (χ0v) is 14.9. The fraction of sp³-hybridized carbons (Fsp3) is 0.474. The molecule has 6 heteroatoms. The number of aliphatic carboxylic acids is 1. The zero-order valence-electron chi connectivity index (χ0n) is 14.1. The van der Waals surface area contributed by atoms with Gasteiger partial charge in [0.25, 0.3) is 0 Å². The molecule has 0 aromatic heterocycles. The Morgan fingerprint density at radius 1 is 1.08 bits per heavy atom. The van der Waals surface area contributed by atoms with Gasteiger partial charge in [0.15, 0.2) is 0 Å². The van der Waals surface area contributed by atoms with Crippen LogP contribution in [0.4, 0.5) is 0 Å². The molecule has 0 saturated carbocycles. The van der Waals surface area contributed by atoms with Gasteiger partial charge in [-0.15, -0.1) is 0 Å². The van der Waals surface area contributed by atoms with Gasteiger partial charge in [-0.25, -0.2) is 0 Å². The van der Waals surface area contributed by atoms with Crippen LogP contribution in [0.1, 0.15) is 18.4 Å². The van der Waals surface area contributed by atoms with E-state index in [0.29, 0.717) is 25.9 Å². The summed E-state index contributed by atoms with van der Waals surface area (Å²) in [6, 6.07) is 7.82. The number of allylic oxidation sites excluding steroid dienone is 2. The number of amides is 1. The van der Waals surface area contributed by atoms with E-state index in [-0.39, 0.29) is 5.91 Å². The van der Waals surface area contributed by atoms with Crippen LogP contribution < -0.4 is 0 Å². The van der Waals surface area contributed by atoms with Crippen molar-refractivity contribution in [3.63, 3.8) is 0 Å². The third-order valence-corrected chi connectivity index (χ3v) is 5.28. The van der Waals surface area contributed by atoms with E-state index in [1.165, 1.54) is 0 Å². The molecule has 1 fully saturated rings. The predicted octanol–water partition coefficient (Wildman–Crippen LogP) is 2.65. The average Bonchev–Trinajstić information content (AvgIpc) is 2.62. The van der Waals surface area contributed by atoms with Crippen LogP contribution in [0.5, 0.6) is 0 Å². The highest BCUT2D eigenvalue weighted by Crippen LogP contribution is 2.28. The van der Waals surface area contributed by atoms with E-state index in [1.54, 1.807) is 0 Å². The number of rotatable bonds is 4. The highest BCUT2D eigenvalue weighted by Gasteiger charge is 2.37. The van der Waals surface area contributed by atoms with E-state index in [0.717, 1.165) is 30.2 Å². The van der Waals surface area contributed by atoms with E-state index >= 15 is 0 Å². The summed E-state index contributed by atoms with van der Waals surface area (Å²) in [5.41, 5.74) is 1.16. The molecule has 1 saturated heterocycles. The van der Waals surface area contributed by atoms with Gasteiger partial charge in [0.2, 0.25) is 5.91 Å². The molecular formula is C19H23ClN2O3. The lowest BCUT2D eigenvalue weighted by Crippen LogP contribution is -2.51. The number of carboxylic acids is 1. The van der Waals surface area contributed by atoms with E-state index < -0.39 is 17.8 Å². The van der Waals surface area contributed by atoms with Gasteiger partial charge in [-0.2, -0.15) is 0 Å². The van der Waals surface area contributed by atoms with Crippen molar-refractivity contribution < 1.29 is 14.7 Å². The maximum atomic E-state index is 12.8. The first-order chi connectivity index (χ1) is 12.0. The number of piperazine rings is 1. The number of benzene rings is 1. The minimum absolute atomic E-state index is 0.0147. The van der Waals surface area contributed by atoms with Crippen LogP contribution in [-0.2, 0) is 16.1 Å². The summed E-state index contributed by atoms with van der Waals surface area (Å²) in [6.45, 7) is 3.68. The smallest absolute Gasteiger partial charge is 0.307 e. The molecule has 1 aromatic rings. The number of carboxylic acid groups (broad SMARTS) is 1. The van der Waals surface area contributed by atoms with Gasteiger partial charge in [-0.1, -0.05) is 35.9 Å². The van der Waals surface area contributed by atoms with Crippen molar-refractivity contribution in [3.05, 3.63) is 47.0 Å². The summed E-state index contributed by atoms with van der Waals surface area (Å²) in [4.78, 5) is 28.3. The molecule has 1 N–H and O–H groups in total. The number of nitrogens with zero attached hydrogens (tertiary/aromatic N) is 2. The number of carbonyl (C=O) groups excluding carboxylic acids is 1. The molecule has 134 valence electrons. The second-order valence-electron chi connectivity index (χ2n) is 6.73. The van der Waals surface area contributed by atoms with Crippen molar-refractivity contribution in [1.82, 2.24) is 9.80 Å². The van der Waals surface area contributed by atoms with Gasteiger partial charge < -0.3 is 10.0 Å². The summed E-state index contributed by atoms with van der Waals surface area (Å²) < 4.78 is 0. The fourth-order valence-corrected chi connectivity index (χ4v) is 3.83. The van der Waals surface area contributed by atoms with Crippen LogP contribution in [-0.4, -0.2) is 53.0 Å². The lowest BCUT2D eigenvalue weighted by atomic mass is 9.82. The molecule has 2 unspecified atom stereocenters. The Morgan fingerprint density at radius 3 is 2.40 bits per heavy atom. The molecule has 1 aliphatic carbocycles. The van der Waals surface area contributed by atoms with Crippen molar-refractivity contribution in [2.24, 2.45) is 11.8 Å². The number of hydrogen-bond acceptors (Lipinski definition) is 3. The Morgan fingerprint density at radius 2 is 1.76 bits per heavy atom. The second-order valence-corrected chi connectivity index (χ2v) is 7.16. The quantitative estimate of drug-likeness (QED) is 0.836. The Hall–Kier alpha value is -1.85. The van der Waals surface area contributed by atoms with Gasteiger partial charge in [0.1, 0.15) is 0 Å². The maximum Gasteiger partial charge on any atom is 0.307 e. The highest BCUT2D eigenvalue weighted by molar-refractivity contribution is 6.30. The largest absolute Gasteiger partial charge is 0.481 e.